The zero-order valence-corrected chi connectivity index (χ0v) is 24.2. The van der Waals surface area contributed by atoms with Crippen LogP contribution < -0.4 is 0 Å². The van der Waals surface area contributed by atoms with Crippen LogP contribution in [0.1, 0.15) is 66.0 Å². The van der Waals surface area contributed by atoms with Crippen LogP contribution in [0.5, 0.6) is 0 Å². The average Bonchev–Trinajstić information content (AvgIpc) is 3.41. The van der Waals surface area contributed by atoms with Gasteiger partial charge in [-0.2, -0.15) is 0 Å². The van der Waals surface area contributed by atoms with E-state index in [2.05, 4.69) is 27.4 Å². The molecule has 3 aliphatic rings. The maximum Gasteiger partial charge on any atom is 0.308 e. The molecule has 7 nitrogen and oxygen atoms in total. The number of carboxylic acid groups (broad SMARTS) is 1. The van der Waals surface area contributed by atoms with Gasteiger partial charge in [0, 0.05) is 17.3 Å². The summed E-state index contributed by atoms with van der Waals surface area (Å²) >= 11 is 1.52. The predicted octanol–water partition coefficient (Wildman–Crippen LogP) is 4.37. The number of nitrogens with zero attached hydrogens (tertiary/aromatic N) is 2. The Bertz CT molecular complexity index is 1100. The van der Waals surface area contributed by atoms with E-state index in [1.807, 2.05) is 56.0 Å². The van der Waals surface area contributed by atoms with Crippen LogP contribution >= 0.6 is 11.8 Å². The number of hydrogen-bond acceptors (Lipinski definition) is 5. The van der Waals surface area contributed by atoms with Gasteiger partial charge in [-0.05, 0) is 43.6 Å². The Morgan fingerprint density at radius 3 is 2.39 bits per heavy atom. The van der Waals surface area contributed by atoms with Crippen LogP contribution in [0.4, 0.5) is 0 Å². The van der Waals surface area contributed by atoms with Crippen molar-refractivity contribution in [1.82, 2.24) is 9.80 Å². The van der Waals surface area contributed by atoms with E-state index >= 15 is 0 Å². The van der Waals surface area contributed by atoms with Gasteiger partial charge in [0.2, 0.25) is 11.8 Å². The van der Waals surface area contributed by atoms with Crippen molar-refractivity contribution in [2.45, 2.75) is 82.0 Å². The monoisotopic (exact) mass is 542 g/mol. The lowest BCUT2D eigenvalue weighted by atomic mass is 9.66. The SMILES string of the molecule is C=CCN(C(=O)C1N([C@H](CO)c2ccccc2)C(=O)[C@@H]2[C@H](C(=O)O)[C@@H]3CC(C)C12S3)C(C)(C)CC(C)(C)C. The fourth-order valence-corrected chi connectivity index (χ4v) is 10.1. The van der Waals surface area contributed by atoms with E-state index in [4.69, 9.17) is 0 Å². The fraction of sp³-hybridized carbons (Fsp3) is 0.633. The lowest BCUT2D eigenvalue weighted by Crippen LogP contribution is -2.61. The Kier molecular flexibility index (Phi) is 7.56. The molecule has 3 fully saturated rings. The number of aliphatic hydroxyl groups excluding tert-OH is 1. The van der Waals surface area contributed by atoms with E-state index in [-0.39, 0.29) is 35.0 Å². The van der Waals surface area contributed by atoms with Crippen molar-refractivity contribution in [2.75, 3.05) is 13.2 Å². The smallest absolute Gasteiger partial charge is 0.308 e. The topological polar surface area (TPSA) is 98.2 Å². The Morgan fingerprint density at radius 2 is 1.87 bits per heavy atom. The van der Waals surface area contributed by atoms with Gasteiger partial charge in [0.05, 0.1) is 29.2 Å². The molecule has 8 heteroatoms. The third-order valence-corrected chi connectivity index (χ3v) is 10.7. The molecule has 2 N–H and O–H groups in total. The van der Waals surface area contributed by atoms with Gasteiger partial charge < -0.3 is 20.0 Å². The third-order valence-electron chi connectivity index (χ3n) is 8.67. The standard InChI is InChI=1S/C30H42N2O5S/c1-8-14-31(29(6,7)17-28(3,4)5)26(35)24-30-18(2)15-21(38-30)22(27(36)37)23(30)25(34)32(24)20(16-33)19-12-10-9-11-13-19/h8-13,18,20-24,33H,1,14-17H2,2-7H3,(H,36,37)/t18?,20-,21+,22-,23+,24?,30?/m1/s1. The van der Waals surface area contributed by atoms with Gasteiger partial charge in [-0.25, -0.2) is 0 Å². The van der Waals surface area contributed by atoms with Gasteiger partial charge in [0.15, 0.2) is 0 Å². The molecular formula is C30H42N2O5S. The minimum absolute atomic E-state index is 0.0348. The van der Waals surface area contributed by atoms with E-state index in [0.29, 0.717) is 13.0 Å². The molecule has 0 aliphatic carbocycles. The molecule has 4 rings (SSSR count). The Labute approximate surface area is 230 Å². The number of carbonyl (C=O) groups is 3. The molecule has 0 saturated carbocycles. The second kappa shape index (κ2) is 10.0. The molecule has 2 amide bonds. The molecule has 2 bridgehead atoms. The summed E-state index contributed by atoms with van der Waals surface area (Å²) in [7, 11) is 0. The predicted molar refractivity (Wildman–Crippen MR) is 149 cm³/mol. The van der Waals surface area contributed by atoms with Crippen LogP contribution in [0.2, 0.25) is 0 Å². The number of carboxylic acids is 1. The molecule has 0 aromatic heterocycles. The van der Waals surface area contributed by atoms with Gasteiger partial charge in [-0.3, -0.25) is 14.4 Å². The summed E-state index contributed by atoms with van der Waals surface area (Å²) in [4.78, 5) is 45.0. The number of likely N-dealkylation sites (tertiary alicyclic amines) is 1. The molecule has 3 aliphatic heterocycles. The van der Waals surface area contributed by atoms with E-state index in [0.717, 1.165) is 12.0 Å². The summed E-state index contributed by atoms with van der Waals surface area (Å²) in [6.07, 6.45) is 3.08. The number of hydrogen-bond donors (Lipinski definition) is 2. The number of amides is 2. The van der Waals surface area contributed by atoms with Crippen LogP contribution in [0.25, 0.3) is 0 Å². The molecule has 3 heterocycles. The van der Waals surface area contributed by atoms with E-state index < -0.39 is 40.2 Å². The Balaban J connectivity index is 1.90. The van der Waals surface area contributed by atoms with Gasteiger partial charge in [-0.1, -0.05) is 64.1 Å². The molecule has 1 spiro atoms. The summed E-state index contributed by atoms with van der Waals surface area (Å²) < 4.78 is -0.874. The second-order valence-corrected chi connectivity index (χ2v) is 14.6. The molecule has 7 atom stereocenters. The van der Waals surface area contributed by atoms with Crippen LogP contribution in [-0.4, -0.2) is 72.5 Å². The van der Waals surface area contributed by atoms with Crippen molar-refractivity contribution in [1.29, 1.82) is 0 Å². The number of carbonyl (C=O) groups excluding carboxylic acids is 2. The first-order chi connectivity index (χ1) is 17.7. The quantitative estimate of drug-likeness (QED) is 0.450. The third kappa shape index (κ3) is 4.47. The highest BCUT2D eigenvalue weighted by Gasteiger charge is 2.77. The van der Waals surface area contributed by atoms with Crippen LogP contribution in [0, 0.1) is 23.2 Å². The van der Waals surface area contributed by atoms with Crippen molar-refractivity contribution in [3.05, 3.63) is 48.6 Å². The maximum absolute atomic E-state index is 14.9. The minimum atomic E-state index is -0.987. The summed E-state index contributed by atoms with van der Waals surface area (Å²) in [6.45, 7) is 16.4. The fourth-order valence-electron chi connectivity index (χ4n) is 7.69. The highest BCUT2D eigenvalue weighted by molar-refractivity contribution is 8.02. The van der Waals surface area contributed by atoms with Gasteiger partial charge in [0.25, 0.3) is 0 Å². The molecule has 1 aromatic carbocycles. The number of benzene rings is 1. The first-order valence-corrected chi connectivity index (χ1v) is 14.4. The van der Waals surface area contributed by atoms with Crippen molar-refractivity contribution in [3.63, 3.8) is 0 Å². The Hall–Kier alpha value is -2.32. The average molecular weight is 543 g/mol. The van der Waals surface area contributed by atoms with Crippen LogP contribution in [0.15, 0.2) is 43.0 Å². The molecular weight excluding hydrogens is 500 g/mol. The highest BCUT2D eigenvalue weighted by Crippen LogP contribution is 2.69. The largest absolute Gasteiger partial charge is 0.481 e. The Morgan fingerprint density at radius 1 is 1.24 bits per heavy atom. The summed E-state index contributed by atoms with van der Waals surface area (Å²) in [5.74, 6) is -3.23. The number of aliphatic carboxylic acids is 1. The van der Waals surface area contributed by atoms with Crippen LogP contribution in [0.3, 0.4) is 0 Å². The second-order valence-electron chi connectivity index (χ2n) is 13.0. The lowest BCUT2D eigenvalue weighted by molar-refractivity contribution is -0.151. The first kappa shape index (κ1) is 28.7. The van der Waals surface area contributed by atoms with Crippen molar-refractivity contribution >= 4 is 29.5 Å². The number of aliphatic hydroxyl groups is 1. The maximum atomic E-state index is 14.9. The summed E-state index contributed by atoms with van der Waals surface area (Å²) in [5, 5.41) is 20.6. The van der Waals surface area contributed by atoms with E-state index in [1.54, 1.807) is 11.0 Å². The molecule has 38 heavy (non-hydrogen) atoms. The van der Waals surface area contributed by atoms with Crippen molar-refractivity contribution in [2.24, 2.45) is 23.2 Å². The molecule has 1 aromatic rings. The van der Waals surface area contributed by atoms with E-state index in [1.165, 1.54) is 11.8 Å². The number of thioether (sulfide) groups is 1. The highest BCUT2D eigenvalue weighted by atomic mass is 32.2. The number of rotatable bonds is 9. The molecule has 0 radical (unpaired) electrons. The lowest BCUT2D eigenvalue weighted by Gasteiger charge is -2.47. The van der Waals surface area contributed by atoms with Gasteiger partial charge in [-0.15, -0.1) is 18.3 Å². The van der Waals surface area contributed by atoms with Crippen molar-refractivity contribution in [3.8, 4) is 0 Å². The summed E-state index contributed by atoms with van der Waals surface area (Å²) in [5.41, 5.74) is 0.112. The first-order valence-electron chi connectivity index (χ1n) is 13.5. The van der Waals surface area contributed by atoms with E-state index in [9.17, 15) is 24.6 Å². The number of fused-ring (bicyclic) bond motifs is 1. The van der Waals surface area contributed by atoms with Gasteiger partial charge in [0.1, 0.15) is 6.04 Å². The normalized spacial score (nSPS) is 31.3. The van der Waals surface area contributed by atoms with Crippen molar-refractivity contribution < 1.29 is 24.6 Å². The zero-order valence-electron chi connectivity index (χ0n) is 23.4. The molecule has 208 valence electrons. The minimum Gasteiger partial charge on any atom is -0.481 e. The molecule has 3 saturated heterocycles. The van der Waals surface area contributed by atoms with Crippen LogP contribution in [-0.2, 0) is 14.4 Å². The zero-order chi connectivity index (χ0) is 28.2. The van der Waals surface area contributed by atoms with Gasteiger partial charge >= 0.3 is 5.97 Å². The molecule has 3 unspecified atom stereocenters. The summed E-state index contributed by atoms with van der Waals surface area (Å²) in [6, 6.07) is 7.58.